The lowest BCUT2D eigenvalue weighted by molar-refractivity contribution is -0.291. The van der Waals surface area contributed by atoms with Crippen LogP contribution >= 0.6 is 0 Å². The number of ether oxygens (including phenoxy) is 1. The highest BCUT2D eigenvalue weighted by molar-refractivity contribution is 5.91. The molecule has 178 valence electrons. The summed E-state index contributed by atoms with van der Waals surface area (Å²) < 4.78 is 40.2. The predicted molar refractivity (Wildman–Crippen MR) is 132 cm³/mol. The van der Waals surface area contributed by atoms with Crippen molar-refractivity contribution in [1.82, 2.24) is 0 Å². The van der Waals surface area contributed by atoms with E-state index in [1.807, 2.05) is 18.2 Å². The van der Waals surface area contributed by atoms with Crippen molar-refractivity contribution in [2.24, 2.45) is 5.92 Å². The van der Waals surface area contributed by atoms with Gasteiger partial charge in [-0.3, -0.25) is 0 Å². The van der Waals surface area contributed by atoms with Gasteiger partial charge in [-0.1, -0.05) is 81.1 Å². The van der Waals surface area contributed by atoms with Crippen molar-refractivity contribution in [2.45, 2.75) is 70.6 Å². The van der Waals surface area contributed by atoms with Crippen molar-refractivity contribution in [3.63, 3.8) is 0 Å². The maximum Gasteiger partial charge on any atom is 0.581 e. The quantitative estimate of drug-likeness (QED) is 0.261. The Balaban J connectivity index is 1.44. The average Bonchev–Trinajstić information content (AvgIpc) is 2.84. The predicted octanol–water partition coefficient (Wildman–Crippen LogP) is 9.21. The molecule has 1 aliphatic rings. The van der Waals surface area contributed by atoms with Crippen molar-refractivity contribution in [3.8, 4) is 23.2 Å². The smallest absolute Gasteiger partial charge is 0.352 e. The summed E-state index contributed by atoms with van der Waals surface area (Å²) in [6.07, 6.45) is 7.69. The van der Waals surface area contributed by atoms with E-state index < -0.39 is 6.36 Å². The SMILES string of the molecule is CCCCCC1CCC(c2ccc(-c3ccc4c(C#COC(F)(F)F)cccc4c3)cc2)CC1. The van der Waals surface area contributed by atoms with E-state index >= 15 is 0 Å². The Labute approximate surface area is 200 Å². The summed E-state index contributed by atoms with van der Waals surface area (Å²) in [7, 11) is 0. The van der Waals surface area contributed by atoms with Crippen LogP contribution < -0.4 is 0 Å². The molecular weight excluding hydrogens is 433 g/mol. The molecule has 3 aromatic carbocycles. The molecule has 0 bridgehead atoms. The molecule has 1 aliphatic carbocycles. The second-order valence-corrected chi connectivity index (χ2v) is 9.35. The summed E-state index contributed by atoms with van der Waals surface area (Å²) in [5.41, 5.74) is 4.15. The van der Waals surface area contributed by atoms with Crippen LogP contribution in [-0.2, 0) is 4.74 Å². The number of fused-ring (bicyclic) bond motifs is 1. The van der Waals surface area contributed by atoms with Crippen LogP contribution in [0.4, 0.5) is 13.2 Å². The molecule has 3 aromatic rings. The van der Waals surface area contributed by atoms with E-state index in [2.05, 4.69) is 47.9 Å². The maximum atomic E-state index is 12.2. The van der Waals surface area contributed by atoms with Crippen LogP contribution in [0.15, 0.2) is 60.7 Å². The summed E-state index contributed by atoms with van der Waals surface area (Å²) in [6.45, 7) is 2.27. The molecule has 0 amide bonds. The molecule has 1 fully saturated rings. The zero-order chi connectivity index (χ0) is 24.0. The molecule has 0 radical (unpaired) electrons. The third-order valence-electron chi connectivity index (χ3n) is 7.01. The highest BCUT2D eigenvalue weighted by Crippen LogP contribution is 2.38. The summed E-state index contributed by atoms with van der Waals surface area (Å²) in [5.74, 6) is 4.04. The van der Waals surface area contributed by atoms with Crippen molar-refractivity contribution >= 4 is 10.8 Å². The van der Waals surface area contributed by atoms with Crippen LogP contribution in [0, 0.1) is 17.9 Å². The lowest BCUT2D eigenvalue weighted by Crippen LogP contribution is -2.13. The summed E-state index contributed by atoms with van der Waals surface area (Å²) in [4.78, 5) is 0. The minimum Gasteiger partial charge on any atom is -0.352 e. The van der Waals surface area contributed by atoms with E-state index in [-0.39, 0.29) is 0 Å². The van der Waals surface area contributed by atoms with Gasteiger partial charge in [-0.2, -0.15) is 0 Å². The third-order valence-corrected chi connectivity index (χ3v) is 7.01. The van der Waals surface area contributed by atoms with Crippen molar-refractivity contribution in [2.75, 3.05) is 0 Å². The van der Waals surface area contributed by atoms with Gasteiger partial charge in [-0.05, 0) is 83.0 Å². The molecular formula is C30H31F3O. The molecule has 0 heterocycles. The van der Waals surface area contributed by atoms with Gasteiger partial charge in [0.05, 0.1) is 0 Å². The van der Waals surface area contributed by atoms with Gasteiger partial charge in [0.1, 0.15) is 6.11 Å². The Morgan fingerprint density at radius 3 is 2.32 bits per heavy atom. The zero-order valence-corrected chi connectivity index (χ0v) is 19.6. The number of alkyl halides is 3. The fourth-order valence-corrected chi connectivity index (χ4v) is 5.13. The third kappa shape index (κ3) is 6.35. The second kappa shape index (κ2) is 11.0. The highest BCUT2D eigenvalue weighted by Gasteiger charge is 2.29. The van der Waals surface area contributed by atoms with E-state index in [0.717, 1.165) is 27.8 Å². The number of hydrogen-bond acceptors (Lipinski definition) is 1. The van der Waals surface area contributed by atoms with E-state index in [0.29, 0.717) is 11.5 Å². The van der Waals surface area contributed by atoms with Crippen LogP contribution in [0.2, 0.25) is 0 Å². The van der Waals surface area contributed by atoms with Gasteiger partial charge in [0.25, 0.3) is 0 Å². The Morgan fingerprint density at radius 2 is 1.62 bits per heavy atom. The molecule has 1 nitrogen and oxygen atoms in total. The molecule has 4 rings (SSSR count). The fraction of sp³-hybridized carbons (Fsp3) is 0.400. The van der Waals surface area contributed by atoms with Gasteiger partial charge in [0, 0.05) is 5.56 Å². The normalized spacial score (nSPS) is 18.4. The molecule has 34 heavy (non-hydrogen) atoms. The Morgan fingerprint density at radius 1 is 0.882 bits per heavy atom. The maximum absolute atomic E-state index is 12.2. The number of halogens is 3. The van der Waals surface area contributed by atoms with Crippen LogP contribution in [0.5, 0.6) is 0 Å². The topological polar surface area (TPSA) is 9.23 Å². The van der Waals surface area contributed by atoms with E-state index in [9.17, 15) is 13.2 Å². The summed E-state index contributed by atoms with van der Waals surface area (Å²) in [6, 6.07) is 20.3. The number of hydrogen-bond donors (Lipinski definition) is 0. The number of unbranched alkanes of at least 4 members (excludes halogenated alkanes) is 2. The summed E-state index contributed by atoms with van der Waals surface area (Å²) >= 11 is 0. The Hall–Kier alpha value is -2.93. The highest BCUT2D eigenvalue weighted by atomic mass is 19.4. The summed E-state index contributed by atoms with van der Waals surface area (Å²) in [5, 5.41) is 1.73. The van der Waals surface area contributed by atoms with Gasteiger partial charge in [-0.15, -0.1) is 13.2 Å². The molecule has 0 N–H and O–H groups in total. The van der Waals surface area contributed by atoms with Crippen molar-refractivity contribution in [3.05, 3.63) is 71.8 Å². The van der Waals surface area contributed by atoms with Crippen molar-refractivity contribution in [1.29, 1.82) is 0 Å². The molecule has 0 spiro atoms. The second-order valence-electron chi connectivity index (χ2n) is 9.35. The molecule has 4 heteroatoms. The lowest BCUT2D eigenvalue weighted by Gasteiger charge is -2.29. The van der Waals surface area contributed by atoms with Crippen LogP contribution in [0.1, 0.15) is 75.3 Å². The van der Waals surface area contributed by atoms with Gasteiger partial charge in [-0.25, -0.2) is 0 Å². The standard InChI is InChI=1S/C30H31F3O/c1-2-3-4-6-22-9-11-23(12-10-22)24-13-15-25(16-14-24)27-17-18-29-26(7-5-8-28(29)21-27)19-20-34-30(31,32)33/h5,7-8,13-18,21-23H,2-4,6,9-12H2,1H3. The Bertz CT molecular complexity index is 1140. The van der Waals surface area contributed by atoms with Gasteiger partial charge in [0.2, 0.25) is 0 Å². The molecule has 0 atom stereocenters. The van der Waals surface area contributed by atoms with Crippen LogP contribution in [0.25, 0.3) is 21.9 Å². The first-order valence-corrected chi connectivity index (χ1v) is 12.3. The van der Waals surface area contributed by atoms with Gasteiger partial charge in [0.15, 0.2) is 0 Å². The average molecular weight is 465 g/mol. The first-order valence-electron chi connectivity index (χ1n) is 12.3. The molecule has 0 unspecified atom stereocenters. The molecule has 0 aliphatic heterocycles. The number of rotatable bonds is 6. The largest absolute Gasteiger partial charge is 0.581 e. The minimum atomic E-state index is -4.76. The molecule has 0 saturated heterocycles. The molecule has 0 aromatic heterocycles. The van der Waals surface area contributed by atoms with Crippen molar-refractivity contribution < 1.29 is 17.9 Å². The zero-order valence-electron chi connectivity index (χ0n) is 19.6. The minimum absolute atomic E-state index is 0.508. The number of benzene rings is 3. The van der Waals surface area contributed by atoms with Crippen LogP contribution in [0.3, 0.4) is 0 Å². The van der Waals surface area contributed by atoms with E-state index in [1.54, 1.807) is 18.2 Å². The fourth-order valence-electron chi connectivity index (χ4n) is 5.13. The van der Waals surface area contributed by atoms with Crippen LogP contribution in [-0.4, -0.2) is 6.36 Å². The first-order chi connectivity index (χ1) is 16.4. The Kier molecular flexibility index (Phi) is 7.83. The van der Waals surface area contributed by atoms with E-state index in [4.69, 9.17) is 0 Å². The monoisotopic (exact) mass is 464 g/mol. The lowest BCUT2D eigenvalue weighted by atomic mass is 9.77. The van der Waals surface area contributed by atoms with Gasteiger partial charge < -0.3 is 4.74 Å². The first kappa shape index (κ1) is 24.2. The van der Waals surface area contributed by atoms with E-state index in [1.165, 1.54) is 56.9 Å². The van der Waals surface area contributed by atoms with Gasteiger partial charge >= 0.3 is 6.36 Å². The molecule has 1 saturated carbocycles.